The summed E-state index contributed by atoms with van der Waals surface area (Å²) >= 11 is 0. The summed E-state index contributed by atoms with van der Waals surface area (Å²) in [7, 11) is 1.46. The third-order valence-electron chi connectivity index (χ3n) is 4.80. The van der Waals surface area contributed by atoms with E-state index in [1.54, 1.807) is 0 Å². The molecular weight excluding hydrogens is 368 g/mol. The van der Waals surface area contributed by atoms with E-state index in [1.807, 2.05) is 45.9 Å². The fraction of sp³-hybridized carbons (Fsp3) is 0.292. The number of phenolic OH excluding ortho intramolecular Hbond substituents is 2. The Labute approximate surface area is 170 Å². The first-order valence-corrected chi connectivity index (χ1v) is 9.45. The molecule has 0 bridgehead atoms. The van der Waals surface area contributed by atoms with Crippen LogP contribution in [0.4, 0.5) is 0 Å². The standard InChI is InChI=1S/C24H26O5/c1-14(2)6-11-17-21(27)19(20(26)15-7-9-16(25)10-8-15)23(28-5)18-12-13-24(3,4)29-22(17)18/h6-10,12-13,25,27H,11H2,1-5H3. The van der Waals surface area contributed by atoms with Crippen molar-refractivity contribution in [1.82, 2.24) is 0 Å². The number of hydrogen-bond acceptors (Lipinski definition) is 5. The lowest BCUT2D eigenvalue weighted by Crippen LogP contribution is -2.28. The molecule has 1 aliphatic heterocycles. The molecule has 1 aliphatic rings. The molecule has 0 aromatic heterocycles. The van der Waals surface area contributed by atoms with E-state index in [0.717, 1.165) is 5.57 Å². The number of benzene rings is 2. The first kappa shape index (κ1) is 20.5. The van der Waals surface area contributed by atoms with Gasteiger partial charge in [0.25, 0.3) is 0 Å². The zero-order valence-electron chi connectivity index (χ0n) is 17.4. The second kappa shape index (κ2) is 7.66. The van der Waals surface area contributed by atoms with Crippen LogP contribution in [0.1, 0.15) is 54.7 Å². The van der Waals surface area contributed by atoms with Crippen molar-refractivity contribution in [3.8, 4) is 23.0 Å². The lowest BCUT2D eigenvalue weighted by molar-refractivity contribution is 0.103. The SMILES string of the molecule is COc1c2c(c(CC=C(C)C)c(O)c1C(=O)c1ccc(O)cc1)OC(C)(C)C=C2. The summed E-state index contributed by atoms with van der Waals surface area (Å²) in [6.45, 7) is 7.80. The minimum absolute atomic E-state index is 0.0611. The second-order valence-electron chi connectivity index (χ2n) is 7.88. The van der Waals surface area contributed by atoms with Gasteiger partial charge in [-0.2, -0.15) is 0 Å². The molecule has 2 aromatic rings. The van der Waals surface area contributed by atoms with Crippen molar-refractivity contribution in [2.24, 2.45) is 0 Å². The molecule has 5 nitrogen and oxygen atoms in total. The maximum atomic E-state index is 13.3. The number of carbonyl (C=O) groups excluding carboxylic acids is 1. The largest absolute Gasteiger partial charge is 0.508 e. The average Bonchev–Trinajstić information content (AvgIpc) is 2.65. The maximum absolute atomic E-state index is 13.3. The van der Waals surface area contributed by atoms with Gasteiger partial charge in [0.1, 0.15) is 34.2 Å². The minimum atomic E-state index is -0.549. The van der Waals surface area contributed by atoms with Crippen LogP contribution in [0.15, 0.2) is 42.0 Å². The summed E-state index contributed by atoms with van der Waals surface area (Å²) in [6, 6.07) is 5.90. The first-order chi connectivity index (χ1) is 13.6. The van der Waals surface area contributed by atoms with Gasteiger partial charge in [-0.3, -0.25) is 4.79 Å². The van der Waals surface area contributed by atoms with Crippen LogP contribution >= 0.6 is 0 Å². The topological polar surface area (TPSA) is 76.0 Å². The third-order valence-corrected chi connectivity index (χ3v) is 4.80. The highest BCUT2D eigenvalue weighted by molar-refractivity contribution is 6.13. The number of ketones is 1. The van der Waals surface area contributed by atoms with Crippen molar-refractivity contribution in [2.45, 2.75) is 39.7 Å². The summed E-state index contributed by atoms with van der Waals surface area (Å²) in [5.41, 5.74) is 2.14. The van der Waals surface area contributed by atoms with E-state index in [0.29, 0.717) is 28.9 Å². The maximum Gasteiger partial charge on any atom is 0.200 e. The molecule has 0 atom stereocenters. The molecule has 29 heavy (non-hydrogen) atoms. The fourth-order valence-electron chi connectivity index (χ4n) is 3.29. The van der Waals surface area contributed by atoms with Crippen LogP contribution in [0.3, 0.4) is 0 Å². The predicted octanol–water partition coefficient (Wildman–Crippen LogP) is 5.03. The van der Waals surface area contributed by atoms with E-state index in [1.165, 1.54) is 31.4 Å². The van der Waals surface area contributed by atoms with E-state index >= 15 is 0 Å². The van der Waals surface area contributed by atoms with Gasteiger partial charge in [-0.25, -0.2) is 0 Å². The van der Waals surface area contributed by atoms with Crippen LogP contribution in [0.2, 0.25) is 0 Å². The number of methoxy groups -OCH3 is 1. The van der Waals surface area contributed by atoms with Crippen molar-refractivity contribution in [2.75, 3.05) is 7.11 Å². The van der Waals surface area contributed by atoms with Crippen molar-refractivity contribution in [3.63, 3.8) is 0 Å². The van der Waals surface area contributed by atoms with E-state index in [-0.39, 0.29) is 28.6 Å². The number of ether oxygens (including phenoxy) is 2. The van der Waals surface area contributed by atoms with E-state index in [9.17, 15) is 15.0 Å². The number of hydrogen-bond donors (Lipinski definition) is 2. The average molecular weight is 394 g/mol. The molecule has 0 unspecified atom stereocenters. The lowest BCUT2D eigenvalue weighted by Gasteiger charge is -2.31. The van der Waals surface area contributed by atoms with Gasteiger partial charge in [0.2, 0.25) is 5.78 Å². The van der Waals surface area contributed by atoms with Gasteiger partial charge in [0, 0.05) is 11.1 Å². The molecule has 0 amide bonds. The number of allylic oxidation sites excluding steroid dienone is 2. The van der Waals surface area contributed by atoms with Gasteiger partial charge >= 0.3 is 0 Å². The summed E-state index contributed by atoms with van der Waals surface area (Å²) in [6.07, 6.45) is 6.16. The Hall–Kier alpha value is -3.21. The predicted molar refractivity (Wildman–Crippen MR) is 113 cm³/mol. The Morgan fingerprint density at radius 3 is 2.41 bits per heavy atom. The first-order valence-electron chi connectivity index (χ1n) is 9.45. The number of aromatic hydroxyl groups is 2. The Morgan fingerprint density at radius 1 is 1.17 bits per heavy atom. The molecule has 2 aromatic carbocycles. The number of carbonyl (C=O) groups is 1. The van der Waals surface area contributed by atoms with Gasteiger partial charge < -0.3 is 19.7 Å². The van der Waals surface area contributed by atoms with Crippen molar-refractivity contribution in [1.29, 1.82) is 0 Å². The summed E-state index contributed by atoms with van der Waals surface area (Å²) in [5, 5.41) is 20.7. The molecule has 0 spiro atoms. The molecule has 0 saturated carbocycles. The molecule has 0 radical (unpaired) electrons. The highest BCUT2D eigenvalue weighted by atomic mass is 16.5. The zero-order chi connectivity index (χ0) is 21.3. The lowest BCUT2D eigenvalue weighted by atomic mass is 9.90. The van der Waals surface area contributed by atoms with E-state index < -0.39 is 5.60 Å². The van der Waals surface area contributed by atoms with Gasteiger partial charge in [-0.05, 0) is 70.5 Å². The quantitative estimate of drug-likeness (QED) is 0.549. The molecule has 3 rings (SSSR count). The van der Waals surface area contributed by atoms with Crippen molar-refractivity contribution < 1.29 is 24.5 Å². The number of phenols is 2. The highest BCUT2D eigenvalue weighted by Gasteiger charge is 2.33. The Morgan fingerprint density at radius 2 is 1.83 bits per heavy atom. The van der Waals surface area contributed by atoms with E-state index in [4.69, 9.17) is 9.47 Å². The Balaban J connectivity index is 2.28. The van der Waals surface area contributed by atoms with Gasteiger partial charge in [-0.15, -0.1) is 0 Å². The number of fused-ring (bicyclic) bond motifs is 1. The smallest absolute Gasteiger partial charge is 0.200 e. The Bertz CT molecular complexity index is 1010. The number of rotatable bonds is 5. The van der Waals surface area contributed by atoms with Crippen LogP contribution in [-0.2, 0) is 6.42 Å². The van der Waals surface area contributed by atoms with Crippen LogP contribution in [0, 0.1) is 0 Å². The van der Waals surface area contributed by atoms with Crippen LogP contribution in [0.25, 0.3) is 6.08 Å². The van der Waals surface area contributed by atoms with Crippen LogP contribution < -0.4 is 9.47 Å². The van der Waals surface area contributed by atoms with Gasteiger partial charge in [0.15, 0.2) is 0 Å². The van der Waals surface area contributed by atoms with Crippen LogP contribution in [0.5, 0.6) is 23.0 Å². The third kappa shape index (κ3) is 3.99. The molecule has 0 fully saturated rings. The fourth-order valence-corrected chi connectivity index (χ4v) is 3.29. The summed E-state index contributed by atoms with van der Waals surface area (Å²) < 4.78 is 11.7. The molecule has 5 heteroatoms. The zero-order valence-corrected chi connectivity index (χ0v) is 17.4. The second-order valence-corrected chi connectivity index (χ2v) is 7.88. The molecule has 0 saturated heterocycles. The van der Waals surface area contributed by atoms with Crippen LogP contribution in [-0.4, -0.2) is 28.7 Å². The van der Waals surface area contributed by atoms with Crippen molar-refractivity contribution in [3.05, 3.63) is 64.2 Å². The normalized spacial score (nSPS) is 14.0. The monoisotopic (exact) mass is 394 g/mol. The Kier molecular flexibility index (Phi) is 5.42. The van der Waals surface area contributed by atoms with Gasteiger partial charge in [0.05, 0.1) is 12.7 Å². The summed E-state index contributed by atoms with van der Waals surface area (Å²) in [5.74, 6) is 0.307. The molecule has 1 heterocycles. The minimum Gasteiger partial charge on any atom is -0.508 e. The summed E-state index contributed by atoms with van der Waals surface area (Å²) in [4.78, 5) is 13.3. The molecule has 152 valence electrons. The highest BCUT2D eigenvalue weighted by Crippen LogP contribution is 2.48. The van der Waals surface area contributed by atoms with Crippen molar-refractivity contribution >= 4 is 11.9 Å². The van der Waals surface area contributed by atoms with E-state index in [2.05, 4.69) is 0 Å². The molecule has 0 aliphatic carbocycles. The molecular formula is C24H26O5. The van der Waals surface area contributed by atoms with Gasteiger partial charge in [-0.1, -0.05) is 11.6 Å². The molecule has 2 N–H and O–H groups in total.